The van der Waals surface area contributed by atoms with E-state index in [4.69, 9.17) is 0 Å². The number of ether oxygens (including phenoxy) is 1. The summed E-state index contributed by atoms with van der Waals surface area (Å²) in [5.74, 6) is -0.155. The Morgan fingerprint density at radius 1 is 1.23 bits per heavy atom. The number of aryl methyl sites for hydroxylation is 1. The lowest BCUT2D eigenvalue weighted by molar-refractivity contribution is 0.0787. The van der Waals surface area contributed by atoms with E-state index < -0.39 is 6.09 Å². The highest BCUT2D eigenvalue weighted by atomic mass is 32.1. The molecule has 5 nitrogen and oxygen atoms in total. The Morgan fingerprint density at radius 2 is 1.95 bits per heavy atom. The summed E-state index contributed by atoms with van der Waals surface area (Å²) >= 11 is 1.66. The van der Waals surface area contributed by atoms with Crippen molar-refractivity contribution in [1.82, 2.24) is 4.90 Å². The first-order valence-corrected chi connectivity index (χ1v) is 7.57. The van der Waals surface area contributed by atoms with Gasteiger partial charge in [-0.25, -0.2) is 4.79 Å². The average Bonchev–Trinajstić information content (AvgIpc) is 2.92. The number of nitrogens with one attached hydrogen (secondary N) is 1. The predicted molar refractivity (Wildman–Crippen MR) is 87.3 cm³/mol. The molecule has 2 rings (SSSR count). The first kappa shape index (κ1) is 16.0. The average molecular weight is 318 g/mol. The van der Waals surface area contributed by atoms with Crippen LogP contribution in [-0.2, 0) is 11.3 Å². The van der Waals surface area contributed by atoms with Crippen LogP contribution in [0.5, 0.6) is 0 Å². The fourth-order valence-electron chi connectivity index (χ4n) is 2.02. The summed E-state index contributed by atoms with van der Waals surface area (Å²) in [5, 5.41) is 2.56. The molecule has 0 bridgehead atoms. The van der Waals surface area contributed by atoms with Gasteiger partial charge < -0.3 is 9.64 Å². The van der Waals surface area contributed by atoms with E-state index in [-0.39, 0.29) is 5.91 Å². The molecule has 0 radical (unpaired) electrons. The molecule has 2 amide bonds. The number of carbonyl (C=O) groups excluding carboxylic acids is 2. The quantitative estimate of drug-likeness (QED) is 0.938. The van der Waals surface area contributed by atoms with Gasteiger partial charge in [0.1, 0.15) is 0 Å². The molecule has 0 spiro atoms. The van der Waals surface area contributed by atoms with Gasteiger partial charge in [-0.1, -0.05) is 12.1 Å². The summed E-state index contributed by atoms with van der Waals surface area (Å²) < 4.78 is 4.57. The monoisotopic (exact) mass is 318 g/mol. The molecule has 0 aliphatic carbocycles. The van der Waals surface area contributed by atoms with Gasteiger partial charge in [0.25, 0.3) is 5.91 Å². The van der Waals surface area contributed by atoms with Gasteiger partial charge in [0.2, 0.25) is 0 Å². The van der Waals surface area contributed by atoms with Crippen LogP contribution in [0.25, 0.3) is 0 Å². The van der Waals surface area contributed by atoms with Crippen LogP contribution < -0.4 is 5.32 Å². The number of rotatable bonds is 4. The van der Waals surface area contributed by atoms with Crippen molar-refractivity contribution in [2.24, 2.45) is 0 Å². The third-order valence-electron chi connectivity index (χ3n) is 3.12. The zero-order valence-corrected chi connectivity index (χ0v) is 13.6. The molecule has 2 aromatic rings. The topological polar surface area (TPSA) is 58.6 Å². The Labute approximate surface area is 133 Å². The second-order valence-corrected chi connectivity index (χ2v) is 6.21. The SMILES string of the molecule is COC(=O)Nc1ccccc1C(=O)N(C)Cc1ccc(C)s1. The maximum Gasteiger partial charge on any atom is 0.411 e. The number of benzene rings is 1. The van der Waals surface area contributed by atoms with E-state index in [9.17, 15) is 9.59 Å². The molecule has 0 aliphatic rings. The van der Waals surface area contributed by atoms with Crippen LogP contribution in [0.3, 0.4) is 0 Å². The van der Waals surface area contributed by atoms with Gasteiger partial charge in [-0.15, -0.1) is 11.3 Å². The van der Waals surface area contributed by atoms with Crippen LogP contribution >= 0.6 is 11.3 Å². The number of anilines is 1. The number of nitrogens with zero attached hydrogens (tertiary/aromatic N) is 1. The van der Waals surface area contributed by atoms with Crippen LogP contribution in [0.2, 0.25) is 0 Å². The second kappa shape index (κ2) is 7.09. The van der Waals surface area contributed by atoms with Gasteiger partial charge in [-0.2, -0.15) is 0 Å². The molecule has 0 aliphatic heterocycles. The lowest BCUT2D eigenvalue weighted by atomic mass is 10.1. The molecule has 0 saturated heterocycles. The summed E-state index contributed by atoms with van der Waals surface area (Å²) in [7, 11) is 3.03. The summed E-state index contributed by atoms with van der Waals surface area (Å²) in [6, 6.07) is 10.9. The second-order valence-electron chi connectivity index (χ2n) is 4.84. The number of hydrogen-bond donors (Lipinski definition) is 1. The molecule has 116 valence electrons. The number of methoxy groups -OCH3 is 1. The van der Waals surface area contributed by atoms with Crippen molar-refractivity contribution in [3.05, 3.63) is 51.7 Å². The molecular weight excluding hydrogens is 300 g/mol. The lowest BCUT2D eigenvalue weighted by Gasteiger charge is -2.18. The van der Waals surface area contributed by atoms with Crippen molar-refractivity contribution in [2.45, 2.75) is 13.5 Å². The molecule has 0 atom stereocenters. The summed E-state index contributed by atoms with van der Waals surface area (Å²) in [6.45, 7) is 2.56. The van der Waals surface area contributed by atoms with Crippen LogP contribution in [-0.4, -0.2) is 31.1 Å². The number of para-hydroxylation sites is 1. The molecular formula is C16H18N2O3S. The van der Waals surface area contributed by atoms with Crippen LogP contribution in [0.4, 0.5) is 10.5 Å². The highest BCUT2D eigenvalue weighted by molar-refractivity contribution is 7.11. The van der Waals surface area contributed by atoms with Crippen molar-refractivity contribution in [3.8, 4) is 0 Å². The van der Waals surface area contributed by atoms with E-state index in [0.29, 0.717) is 17.8 Å². The normalized spacial score (nSPS) is 10.1. The van der Waals surface area contributed by atoms with E-state index in [1.165, 1.54) is 12.0 Å². The smallest absolute Gasteiger partial charge is 0.411 e. The van der Waals surface area contributed by atoms with E-state index >= 15 is 0 Å². The van der Waals surface area contributed by atoms with E-state index in [0.717, 1.165) is 4.88 Å². The Balaban J connectivity index is 2.16. The minimum atomic E-state index is -0.600. The largest absolute Gasteiger partial charge is 0.453 e. The molecule has 6 heteroatoms. The van der Waals surface area contributed by atoms with Crippen molar-refractivity contribution in [3.63, 3.8) is 0 Å². The highest BCUT2D eigenvalue weighted by Gasteiger charge is 2.17. The third-order valence-corrected chi connectivity index (χ3v) is 4.10. The van der Waals surface area contributed by atoms with Crippen LogP contribution in [0, 0.1) is 6.92 Å². The number of hydrogen-bond acceptors (Lipinski definition) is 4. The van der Waals surface area contributed by atoms with Gasteiger partial charge in [-0.3, -0.25) is 10.1 Å². The van der Waals surface area contributed by atoms with Crippen molar-refractivity contribution in [1.29, 1.82) is 0 Å². The summed E-state index contributed by atoms with van der Waals surface area (Å²) in [5.41, 5.74) is 0.872. The minimum Gasteiger partial charge on any atom is -0.453 e. The molecule has 22 heavy (non-hydrogen) atoms. The van der Waals surface area contributed by atoms with Gasteiger partial charge in [-0.05, 0) is 31.2 Å². The number of carbonyl (C=O) groups is 2. The molecule has 0 saturated carbocycles. The first-order chi connectivity index (χ1) is 10.5. The Bertz CT molecular complexity index is 682. The van der Waals surface area contributed by atoms with Gasteiger partial charge in [0.15, 0.2) is 0 Å². The maximum absolute atomic E-state index is 12.6. The summed E-state index contributed by atoms with van der Waals surface area (Å²) in [6.07, 6.45) is -0.600. The molecule has 1 N–H and O–H groups in total. The number of thiophene rings is 1. The standard InChI is InChI=1S/C16H18N2O3S/c1-11-8-9-12(22-11)10-18(2)15(19)13-6-4-5-7-14(13)17-16(20)21-3/h4-9H,10H2,1-3H3,(H,17,20). The summed E-state index contributed by atoms with van der Waals surface area (Å²) in [4.78, 5) is 27.9. The Morgan fingerprint density at radius 3 is 2.59 bits per heavy atom. The molecule has 1 heterocycles. The predicted octanol–water partition coefficient (Wildman–Crippen LogP) is 3.51. The van der Waals surface area contributed by atoms with Crippen LogP contribution in [0.1, 0.15) is 20.1 Å². The molecule has 0 fully saturated rings. The maximum atomic E-state index is 12.6. The molecule has 1 aromatic carbocycles. The lowest BCUT2D eigenvalue weighted by Crippen LogP contribution is -2.27. The van der Waals surface area contributed by atoms with Gasteiger partial charge in [0.05, 0.1) is 24.9 Å². The van der Waals surface area contributed by atoms with Crippen molar-refractivity contribution in [2.75, 3.05) is 19.5 Å². The number of amides is 2. The minimum absolute atomic E-state index is 0.155. The van der Waals surface area contributed by atoms with E-state index in [1.54, 1.807) is 47.5 Å². The molecule has 0 unspecified atom stereocenters. The Kier molecular flexibility index (Phi) is 5.16. The third kappa shape index (κ3) is 3.85. The highest BCUT2D eigenvalue weighted by Crippen LogP contribution is 2.20. The van der Waals surface area contributed by atoms with Crippen molar-refractivity contribution < 1.29 is 14.3 Å². The van der Waals surface area contributed by atoms with Crippen molar-refractivity contribution >= 4 is 29.0 Å². The zero-order valence-electron chi connectivity index (χ0n) is 12.8. The molecule has 1 aromatic heterocycles. The fourth-order valence-corrected chi connectivity index (χ4v) is 2.96. The Hall–Kier alpha value is -2.34. The fraction of sp³-hybridized carbons (Fsp3) is 0.250. The first-order valence-electron chi connectivity index (χ1n) is 6.76. The van der Waals surface area contributed by atoms with Gasteiger partial charge >= 0.3 is 6.09 Å². The van der Waals surface area contributed by atoms with Crippen LogP contribution in [0.15, 0.2) is 36.4 Å². The zero-order chi connectivity index (χ0) is 16.1. The van der Waals surface area contributed by atoms with E-state index in [1.807, 2.05) is 19.1 Å². The van der Waals surface area contributed by atoms with Gasteiger partial charge in [0, 0.05) is 16.8 Å². The van der Waals surface area contributed by atoms with E-state index in [2.05, 4.69) is 10.1 Å².